The molecule has 12 heavy (non-hydrogen) atoms. The second kappa shape index (κ2) is 2.14. The summed E-state index contributed by atoms with van der Waals surface area (Å²) in [5.74, 6) is 2.69. The maximum absolute atomic E-state index is 5.75. The Hall–Kier alpha value is -0.300. The van der Waals surface area contributed by atoms with Crippen LogP contribution < -0.4 is 0 Å². The highest BCUT2D eigenvalue weighted by molar-refractivity contribution is 5.19. The van der Waals surface area contributed by atoms with Crippen molar-refractivity contribution in [3.05, 3.63) is 12.2 Å². The average Bonchev–Trinajstić information content (AvgIpc) is 2.76. The minimum absolute atomic E-state index is 0.266. The summed E-state index contributed by atoms with van der Waals surface area (Å²) in [5.41, 5.74) is 0.266. The Balaban J connectivity index is 1.99. The summed E-state index contributed by atoms with van der Waals surface area (Å²) >= 11 is 0. The minimum atomic E-state index is 0.266. The van der Waals surface area contributed by atoms with E-state index in [1.807, 2.05) is 7.11 Å². The molecule has 0 radical (unpaired) electrons. The van der Waals surface area contributed by atoms with Crippen LogP contribution in [-0.4, -0.2) is 12.7 Å². The van der Waals surface area contributed by atoms with Gasteiger partial charge < -0.3 is 4.74 Å². The Morgan fingerprint density at radius 3 is 3.25 bits per heavy atom. The lowest BCUT2D eigenvalue weighted by molar-refractivity contribution is -0.0339. The fraction of sp³-hybridized carbons (Fsp3) is 0.818. The van der Waals surface area contributed by atoms with Gasteiger partial charge >= 0.3 is 0 Å². The summed E-state index contributed by atoms with van der Waals surface area (Å²) in [7, 11) is 1.90. The Labute approximate surface area is 73.8 Å². The van der Waals surface area contributed by atoms with Crippen LogP contribution in [0.2, 0.25) is 0 Å². The molecular formula is C11H16O. The highest BCUT2D eigenvalue weighted by atomic mass is 16.5. The fourth-order valence-corrected chi connectivity index (χ4v) is 3.79. The van der Waals surface area contributed by atoms with Crippen molar-refractivity contribution in [2.45, 2.75) is 31.3 Å². The molecule has 4 unspecified atom stereocenters. The second-order valence-corrected chi connectivity index (χ2v) is 4.63. The molecule has 2 fully saturated rings. The molecule has 0 saturated heterocycles. The third kappa shape index (κ3) is 0.646. The number of hydrogen-bond donors (Lipinski definition) is 0. The van der Waals surface area contributed by atoms with E-state index in [0.717, 1.165) is 17.8 Å². The standard InChI is InChI=1S/C11H16O/c1-12-11-6-5-8(7-11)9-3-2-4-10(9)11/h2,4,8-10H,3,5-7H2,1H3. The second-order valence-electron chi connectivity index (χ2n) is 4.63. The molecule has 0 N–H and O–H groups in total. The molecule has 0 heterocycles. The van der Waals surface area contributed by atoms with Gasteiger partial charge in [-0.15, -0.1) is 0 Å². The van der Waals surface area contributed by atoms with E-state index in [0.29, 0.717) is 0 Å². The number of ether oxygens (including phenoxy) is 1. The van der Waals surface area contributed by atoms with Gasteiger partial charge in [-0.05, 0) is 37.5 Å². The van der Waals surface area contributed by atoms with Gasteiger partial charge in [0.1, 0.15) is 0 Å². The molecule has 0 aromatic heterocycles. The van der Waals surface area contributed by atoms with Gasteiger partial charge in [-0.3, -0.25) is 0 Å². The monoisotopic (exact) mass is 164 g/mol. The van der Waals surface area contributed by atoms with Gasteiger partial charge in [0.2, 0.25) is 0 Å². The predicted octanol–water partition coefficient (Wildman–Crippen LogP) is 2.38. The molecule has 0 aromatic carbocycles. The molecule has 0 spiro atoms. The van der Waals surface area contributed by atoms with E-state index in [4.69, 9.17) is 4.74 Å². The molecular weight excluding hydrogens is 148 g/mol. The van der Waals surface area contributed by atoms with E-state index < -0.39 is 0 Å². The lowest BCUT2D eigenvalue weighted by Crippen LogP contribution is -2.35. The highest BCUT2D eigenvalue weighted by Crippen LogP contribution is 2.60. The Morgan fingerprint density at radius 2 is 2.42 bits per heavy atom. The molecule has 0 amide bonds. The van der Waals surface area contributed by atoms with E-state index in [1.54, 1.807) is 0 Å². The lowest BCUT2D eigenvalue weighted by Gasteiger charge is -2.33. The molecule has 0 aromatic rings. The van der Waals surface area contributed by atoms with Crippen molar-refractivity contribution in [1.29, 1.82) is 0 Å². The summed E-state index contributed by atoms with van der Waals surface area (Å²) < 4.78 is 5.75. The summed E-state index contributed by atoms with van der Waals surface area (Å²) in [4.78, 5) is 0. The SMILES string of the molecule is COC12CCC(C1)C1CC=CC12. The zero-order valence-corrected chi connectivity index (χ0v) is 7.62. The zero-order valence-electron chi connectivity index (χ0n) is 7.62. The molecule has 3 rings (SSSR count). The first kappa shape index (κ1) is 7.14. The first-order valence-corrected chi connectivity index (χ1v) is 5.07. The molecule has 4 atom stereocenters. The summed E-state index contributed by atoms with van der Waals surface area (Å²) in [5, 5.41) is 0. The third-order valence-corrected chi connectivity index (χ3v) is 4.38. The van der Waals surface area contributed by atoms with Crippen molar-refractivity contribution < 1.29 is 4.74 Å². The number of methoxy groups -OCH3 is 1. The van der Waals surface area contributed by atoms with Gasteiger partial charge in [-0.2, -0.15) is 0 Å². The van der Waals surface area contributed by atoms with Crippen LogP contribution in [0, 0.1) is 17.8 Å². The van der Waals surface area contributed by atoms with Crippen LogP contribution in [0.5, 0.6) is 0 Å². The first-order valence-electron chi connectivity index (χ1n) is 5.07. The van der Waals surface area contributed by atoms with E-state index in [1.165, 1.54) is 25.7 Å². The minimum Gasteiger partial charge on any atom is -0.378 e. The highest BCUT2D eigenvalue weighted by Gasteiger charge is 2.57. The smallest absolute Gasteiger partial charge is 0.0746 e. The maximum atomic E-state index is 5.75. The van der Waals surface area contributed by atoms with Crippen molar-refractivity contribution in [2.75, 3.05) is 7.11 Å². The number of fused-ring (bicyclic) bond motifs is 5. The summed E-state index contributed by atoms with van der Waals surface area (Å²) in [6.45, 7) is 0. The van der Waals surface area contributed by atoms with Crippen molar-refractivity contribution >= 4 is 0 Å². The molecule has 2 bridgehead atoms. The number of allylic oxidation sites excluding steroid dienone is 1. The lowest BCUT2D eigenvalue weighted by atomic mass is 9.79. The maximum Gasteiger partial charge on any atom is 0.0746 e. The molecule has 3 aliphatic rings. The fourth-order valence-electron chi connectivity index (χ4n) is 3.79. The molecule has 0 aliphatic heterocycles. The van der Waals surface area contributed by atoms with Crippen LogP contribution in [-0.2, 0) is 4.74 Å². The van der Waals surface area contributed by atoms with Crippen LogP contribution in [0.3, 0.4) is 0 Å². The average molecular weight is 164 g/mol. The number of rotatable bonds is 1. The van der Waals surface area contributed by atoms with Gasteiger partial charge in [-0.25, -0.2) is 0 Å². The predicted molar refractivity (Wildman–Crippen MR) is 47.8 cm³/mol. The van der Waals surface area contributed by atoms with Gasteiger partial charge in [0.05, 0.1) is 5.60 Å². The van der Waals surface area contributed by atoms with Crippen LogP contribution >= 0.6 is 0 Å². The zero-order chi connectivity index (χ0) is 8.18. The quantitative estimate of drug-likeness (QED) is 0.541. The molecule has 1 nitrogen and oxygen atoms in total. The molecule has 3 aliphatic carbocycles. The van der Waals surface area contributed by atoms with Gasteiger partial charge in [0.25, 0.3) is 0 Å². The third-order valence-electron chi connectivity index (χ3n) is 4.38. The van der Waals surface area contributed by atoms with Gasteiger partial charge in [0, 0.05) is 13.0 Å². The largest absolute Gasteiger partial charge is 0.378 e. The normalized spacial score (nSPS) is 54.9. The topological polar surface area (TPSA) is 9.23 Å². The van der Waals surface area contributed by atoms with Crippen LogP contribution in [0.15, 0.2) is 12.2 Å². The summed E-state index contributed by atoms with van der Waals surface area (Å²) in [6, 6.07) is 0. The molecule has 66 valence electrons. The Kier molecular flexibility index (Phi) is 1.27. The van der Waals surface area contributed by atoms with Crippen molar-refractivity contribution in [3.8, 4) is 0 Å². The van der Waals surface area contributed by atoms with E-state index >= 15 is 0 Å². The van der Waals surface area contributed by atoms with Crippen molar-refractivity contribution in [2.24, 2.45) is 17.8 Å². The van der Waals surface area contributed by atoms with E-state index in [2.05, 4.69) is 12.2 Å². The van der Waals surface area contributed by atoms with Gasteiger partial charge in [-0.1, -0.05) is 12.2 Å². The Bertz CT molecular complexity index is 233. The van der Waals surface area contributed by atoms with Crippen molar-refractivity contribution in [3.63, 3.8) is 0 Å². The Morgan fingerprint density at radius 1 is 1.50 bits per heavy atom. The first-order chi connectivity index (χ1) is 5.86. The van der Waals surface area contributed by atoms with Gasteiger partial charge in [0.15, 0.2) is 0 Å². The van der Waals surface area contributed by atoms with Crippen LogP contribution in [0.25, 0.3) is 0 Å². The van der Waals surface area contributed by atoms with E-state index in [9.17, 15) is 0 Å². The summed E-state index contributed by atoms with van der Waals surface area (Å²) in [6.07, 6.45) is 10.1. The van der Waals surface area contributed by atoms with Crippen LogP contribution in [0.4, 0.5) is 0 Å². The van der Waals surface area contributed by atoms with Crippen LogP contribution in [0.1, 0.15) is 25.7 Å². The van der Waals surface area contributed by atoms with E-state index in [-0.39, 0.29) is 5.60 Å². The molecule has 1 heteroatoms. The molecule has 2 saturated carbocycles. The number of hydrogen-bond acceptors (Lipinski definition) is 1. The van der Waals surface area contributed by atoms with Crippen molar-refractivity contribution in [1.82, 2.24) is 0 Å².